The molecule has 1 aromatic carbocycles. The normalized spacial score (nSPS) is 17.9. The van der Waals surface area contributed by atoms with Gasteiger partial charge in [0.15, 0.2) is 0 Å². The van der Waals surface area contributed by atoms with Crippen LogP contribution in [0.1, 0.15) is 11.1 Å². The molecule has 1 heterocycles. The Bertz CT molecular complexity index is 420. The van der Waals surface area contributed by atoms with Crippen LogP contribution in [0.2, 0.25) is 0 Å². The average molecular weight is 280 g/mol. The predicted octanol–water partition coefficient (Wildman–Crippen LogP) is 0.880. The number of aliphatic hydroxyl groups excluding tert-OH is 1. The number of hydrogen-bond donors (Lipinski definition) is 2. The summed E-state index contributed by atoms with van der Waals surface area (Å²) in [6, 6.07) is 6.04. The molecule has 2 N–H and O–H groups in total. The summed E-state index contributed by atoms with van der Waals surface area (Å²) in [6.07, 6.45) is -0.529. The van der Waals surface area contributed by atoms with Gasteiger partial charge in [0.25, 0.3) is 0 Å². The Balaban J connectivity index is 1.70. The maximum Gasteiger partial charge on any atom is 0.122 e. The first kappa shape index (κ1) is 15.3. The Hall–Kier alpha value is -1.14. The SMILES string of the molecule is Cc1ccc(OCC(O)CNN2CCOCC2)c(C)c1. The van der Waals surface area contributed by atoms with Crippen molar-refractivity contribution in [2.75, 3.05) is 39.5 Å². The minimum Gasteiger partial charge on any atom is -0.491 e. The van der Waals surface area contributed by atoms with Crippen LogP contribution < -0.4 is 10.2 Å². The molecule has 1 saturated heterocycles. The largest absolute Gasteiger partial charge is 0.491 e. The molecule has 2 rings (SSSR count). The maximum atomic E-state index is 9.94. The van der Waals surface area contributed by atoms with Crippen molar-refractivity contribution >= 4 is 0 Å². The van der Waals surface area contributed by atoms with Gasteiger partial charge in [-0.25, -0.2) is 5.01 Å². The number of rotatable bonds is 6. The summed E-state index contributed by atoms with van der Waals surface area (Å²) in [5, 5.41) is 12.0. The molecule has 0 spiro atoms. The van der Waals surface area contributed by atoms with Crippen LogP contribution in [0.3, 0.4) is 0 Å². The summed E-state index contributed by atoms with van der Waals surface area (Å²) >= 11 is 0. The number of benzene rings is 1. The summed E-state index contributed by atoms with van der Waals surface area (Å²) in [6.45, 7) is 8.03. The van der Waals surface area contributed by atoms with E-state index in [0.717, 1.165) is 37.6 Å². The fraction of sp³-hybridized carbons (Fsp3) is 0.600. The third-order valence-corrected chi connectivity index (χ3v) is 3.32. The van der Waals surface area contributed by atoms with Gasteiger partial charge in [0.05, 0.1) is 13.2 Å². The maximum absolute atomic E-state index is 9.94. The van der Waals surface area contributed by atoms with Crippen LogP contribution in [0.25, 0.3) is 0 Å². The molecule has 20 heavy (non-hydrogen) atoms. The fourth-order valence-electron chi connectivity index (χ4n) is 2.16. The highest BCUT2D eigenvalue weighted by Gasteiger charge is 2.12. The second-order valence-corrected chi connectivity index (χ2v) is 5.20. The quantitative estimate of drug-likeness (QED) is 0.810. The molecule has 0 saturated carbocycles. The van der Waals surface area contributed by atoms with E-state index in [4.69, 9.17) is 9.47 Å². The lowest BCUT2D eigenvalue weighted by Crippen LogP contribution is -2.48. The Morgan fingerprint density at radius 2 is 2.10 bits per heavy atom. The van der Waals surface area contributed by atoms with Crippen molar-refractivity contribution in [2.24, 2.45) is 0 Å². The molecule has 0 aromatic heterocycles. The van der Waals surface area contributed by atoms with Crippen molar-refractivity contribution in [3.63, 3.8) is 0 Å². The standard InChI is InChI=1S/C15H24N2O3/c1-12-3-4-15(13(2)9-12)20-11-14(18)10-16-17-5-7-19-8-6-17/h3-4,9,14,16,18H,5-8,10-11H2,1-2H3. The molecule has 1 atom stereocenters. The molecular weight excluding hydrogens is 256 g/mol. The zero-order chi connectivity index (χ0) is 14.4. The van der Waals surface area contributed by atoms with E-state index >= 15 is 0 Å². The van der Waals surface area contributed by atoms with Crippen molar-refractivity contribution in [1.29, 1.82) is 0 Å². The summed E-state index contributed by atoms with van der Waals surface area (Å²) < 4.78 is 10.9. The van der Waals surface area contributed by atoms with Crippen molar-refractivity contribution in [1.82, 2.24) is 10.4 Å². The second-order valence-electron chi connectivity index (χ2n) is 5.20. The zero-order valence-corrected chi connectivity index (χ0v) is 12.3. The number of hydrazine groups is 1. The van der Waals surface area contributed by atoms with Crippen LogP contribution >= 0.6 is 0 Å². The highest BCUT2D eigenvalue weighted by molar-refractivity contribution is 5.35. The Morgan fingerprint density at radius 3 is 2.80 bits per heavy atom. The van der Waals surface area contributed by atoms with Gasteiger partial charge >= 0.3 is 0 Å². The van der Waals surface area contributed by atoms with E-state index in [1.54, 1.807) is 0 Å². The number of nitrogens with one attached hydrogen (secondary N) is 1. The first-order valence-electron chi connectivity index (χ1n) is 7.09. The van der Waals surface area contributed by atoms with Crippen LogP contribution in [-0.2, 0) is 4.74 Å². The molecular formula is C15H24N2O3. The molecule has 0 aliphatic carbocycles. The lowest BCUT2D eigenvalue weighted by Gasteiger charge is -2.28. The van der Waals surface area contributed by atoms with E-state index in [9.17, 15) is 5.11 Å². The lowest BCUT2D eigenvalue weighted by molar-refractivity contribution is -0.000816. The van der Waals surface area contributed by atoms with Gasteiger partial charge in [0, 0.05) is 19.6 Å². The van der Waals surface area contributed by atoms with Crippen LogP contribution in [0, 0.1) is 13.8 Å². The molecule has 1 aliphatic heterocycles. The highest BCUT2D eigenvalue weighted by Crippen LogP contribution is 2.18. The van der Waals surface area contributed by atoms with Crippen molar-refractivity contribution in [2.45, 2.75) is 20.0 Å². The average Bonchev–Trinajstić information content (AvgIpc) is 2.45. The van der Waals surface area contributed by atoms with Crippen LogP contribution in [-0.4, -0.2) is 55.7 Å². The molecule has 0 bridgehead atoms. The molecule has 1 aromatic rings. The predicted molar refractivity (Wildman–Crippen MR) is 77.8 cm³/mol. The first-order chi connectivity index (χ1) is 9.65. The van der Waals surface area contributed by atoms with Gasteiger partial charge in [0.1, 0.15) is 18.5 Å². The summed E-state index contributed by atoms with van der Waals surface area (Å²) in [5.74, 6) is 0.834. The van der Waals surface area contributed by atoms with Crippen molar-refractivity contribution < 1.29 is 14.6 Å². The van der Waals surface area contributed by atoms with Crippen LogP contribution in [0.4, 0.5) is 0 Å². The van der Waals surface area contributed by atoms with Gasteiger partial charge in [-0.15, -0.1) is 0 Å². The third-order valence-electron chi connectivity index (χ3n) is 3.32. The van der Waals surface area contributed by atoms with Crippen LogP contribution in [0.5, 0.6) is 5.75 Å². The minimum atomic E-state index is -0.529. The number of morpholine rings is 1. The van der Waals surface area contributed by atoms with Gasteiger partial charge < -0.3 is 14.6 Å². The summed E-state index contributed by atoms with van der Waals surface area (Å²) in [5.41, 5.74) is 5.51. The van der Waals surface area contributed by atoms with E-state index in [-0.39, 0.29) is 0 Å². The number of hydrogen-bond acceptors (Lipinski definition) is 5. The third kappa shape index (κ3) is 4.76. The van der Waals surface area contributed by atoms with Gasteiger partial charge in [-0.1, -0.05) is 17.7 Å². The molecule has 0 radical (unpaired) electrons. The fourth-order valence-corrected chi connectivity index (χ4v) is 2.16. The van der Waals surface area contributed by atoms with Crippen molar-refractivity contribution in [3.05, 3.63) is 29.3 Å². The second kappa shape index (κ2) is 7.59. The number of nitrogens with zero attached hydrogens (tertiary/aromatic N) is 1. The molecule has 1 aliphatic rings. The van der Waals surface area contributed by atoms with E-state index in [0.29, 0.717) is 13.2 Å². The lowest BCUT2D eigenvalue weighted by atomic mass is 10.1. The number of aliphatic hydroxyl groups is 1. The van der Waals surface area contributed by atoms with E-state index in [1.807, 2.05) is 19.1 Å². The van der Waals surface area contributed by atoms with Gasteiger partial charge in [-0.3, -0.25) is 5.43 Å². The highest BCUT2D eigenvalue weighted by atomic mass is 16.5. The van der Waals surface area contributed by atoms with Crippen LogP contribution in [0.15, 0.2) is 18.2 Å². The first-order valence-corrected chi connectivity index (χ1v) is 7.09. The smallest absolute Gasteiger partial charge is 0.122 e. The van der Waals surface area contributed by atoms with E-state index < -0.39 is 6.10 Å². The summed E-state index contributed by atoms with van der Waals surface area (Å²) in [7, 11) is 0. The summed E-state index contributed by atoms with van der Waals surface area (Å²) in [4.78, 5) is 0. The Labute approximate surface area is 120 Å². The van der Waals surface area contributed by atoms with E-state index in [2.05, 4.69) is 23.4 Å². The van der Waals surface area contributed by atoms with Gasteiger partial charge in [-0.2, -0.15) is 0 Å². The Morgan fingerprint density at radius 1 is 1.35 bits per heavy atom. The monoisotopic (exact) mass is 280 g/mol. The van der Waals surface area contributed by atoms with Gasteiger partial charge in [-0.05, 0) is 25.5 Å². The molecule has 0 amide bonds. The molecule has 5 nitrogen and oxygen atoms in total. The minimum absolute atomic E-state index is 0.293. The zero-order valence-electron chi connectivity index (χ0n) is 12.3. The van der Waals surface area contributed by atoms with Crippen molar-refractivity contribution in [3.8, 4) is 5.75 Å². The topological polar surface area (TPSA) is 54.0 Å². The van der Waals surface area contributed by atoms with E-state index in [1.165, 1.54) is 5.56 Å². The molecule has 1 fully saturated rings. The number of ether oxygens (including phenoxy) is 2. The molecule has 112 valence electrons. The molecule has 1 unspecified atom stereocenters. The number of aryl methyl sites for hydroxylation is 2. The molecule has 5 heteroatoms. The Kier molecular flexibility index (Phi) is 5.79. The van der Waals surface area contributed by atoms with Gasteiger partial charge in [0.2, 0.25) is 0 Å².